The van der Waals surface area contributed by atoms with Crippen LogP contribution in [0.1, 0.15) is 0 Å². The third-order valence-corrected chi connectivity index (χ3v) is 2.29. The second-order valence-corrected chi connectivity index (χ2v) is 3.93. The Hall–Kier alpha value is 0.946. The molecule has 74 valence electrons. The minimum Gasteiger partial charge on any atom is -0.344 e. The van der Waals surface area contributed by atoms with Crippen molar-refractivity contribution in [3.8, 4) is 0 Å². The standard InChI is InChI=1S/Mg.H5NO7P2.H3N.2H/c;1-7-10(5,6)8-9(2,3)4;;;/h;1H2,(H,5,6)(H2,2,3,4);1H3;;. The summed E-state index contributed by atoms with van der Waals surface area (Å²) in [6.07, 6.45) is 0. The van der Waals surface area contributed by atoms with Gasteiger partial charge in [-0.1, -0.05) is 0 Å². The van der Waals surface area contributed by atoms with E-state index in [9.17, 15) is 9.13 Å². The van der Waals surface area contributed by atoms with Gasteiger partial charge in [-0.05, 0) is 0 Å². The summed E-state index contributed by atoms with van der Waals surface area (Å²) in [7, 11) is -9.80. The fraction of sp³-hybridized carbons (Fsp3) is 0. The van der Waals surface area contributed by atoms with Crippen molar-refractivity contribution >= 4 is 38.7 Å². The maximum absolute atomic E-state index is 10.1. The molecule has 0 spiro atoms. The van der Waals surface area contributed by atoms with Gasteiger partial charge in [0.2, 0.25) is 0 Å². The summed E-state index contributed by atoms with van der Waals surface area (Å²) in [5.74, 6) is 4.13. The number of rotatable bonds is 3. The van der Waals surface area contributed by atoms with Gasteiger partial charge < -0.3 is 20.8 Å². The Kier molecular flexibility index (Phi) is 9.97. The first kappa shape index (κ1) is 18.7. The van der Waals surface area contributed by atoms with E-state index in [1.54, 1.807) is 0 Å². The van der Waals surface area contributed by atoms with Gasteiger partial charge in [-0.25, -0.2) is 19.7 Å². The average Bonchev–Trinajstić information content (AvgIpc) is 1.60. The molecule has 0 aliphatic carbocycles. The molecule has 9 nitrogen and oxygen atoms in total. The molecule has 0 saturated heterocycles. The molecule has 0 aromatic carbocycles. The lowest BCUT2D eigenvalue weighted by Crippen LogP contribution is -1.98. The van der Waals surface area contributed by atoms with Crippen LogP contribution in [-0.2, 0) is 18.1 Å². The van der Waals surface area contributed by atoms with E-state index in [1.807, 2.05) is 0 Å². The molecule has 0 heterocycles. The molecule has 0 fully saturated rings. The molecule has 8 N–H and O–H groups in total. The molecule has 0 bridgehead atoms. The maximum atomic E-state index is 10.1. The zero-order chi connectivity index (χ0) is 8.41. The van der Waals surface area contributed by atoms with Crippen LogP contribution in [0, 0.1) is 0 Å². The van der Waals surface area contributed by atoms with Crippen LogP contribution < -0.4 is 12.0 Å². The molecule has 12 heavy (non-hydrogen) atoms. The van der Waals surface area contributed by atoms with Crippen molar-refractivity contribution in [2.24, 2.45) is 5.90 Å². The van der Waals surface area contributed by atoms with Crippen LogP contribution in [0.2, 0.25) is 0 Å². The molecular formula is H10MgN2O7P2. The fourth-order valence-electron chi connectivity index (χ4n) is 0.154. The van der Waals surface area contributed by atoms with Crippen LogP contribution in [0.5, 0.6) is 0 Å². The zero-order valence-electron chi connectivity index (χ0n) is 5.15. The van der Waals surface area contributed by atoms with Crippen LogP contribution in [-0.4, -0.2) is 37.7 Å². The van der Waals surface area contributed by atoms with Gasteiger partial charge in [0.1, 0.15) is 0 Å². The predicted octanol–water partition coefficient (Wildman–Crippen LogP) is -1.67. The summed E-state index contributed by atoms with van der Waals surface area (Å²) in [6, 6.07) is 0. The van der Waals surface area contributed by atoms with Gasteiger partial charge in [-0.3, -0.25) is 0 Å². The molecule has 0 rings (SSSR count). The first-order valence-corrected chi connectivity index (χ1v) is 4.77. The molecule has 0 aliphatic rings. The van der Waals surface area contributed by atoms with Gasteiger partial charge >= 0.3 is 38.7 Å². The minimum atomic E-state index is -5.02. The Morgan fingerprint density at radius 3 is 1.58 bits per heavy atom. The molecule has 0 radical (unpaired) electrons. The first-order valence-electron chi connectivity index (χ1n) is 1.75. The molecule has 0 saturated carbocycles. The van der Waals surface area contributed by atoms with E-state index in [1.165, 1.54) is 0 Å². The normalized spacial score (nSPS) is 15.3. The molecule has 0 aromatic rings. The largest absolute Gasteiger partial charge is 0.497 e. The van der Waals surface area contributed by atoms with E-state index in [-0.39, 0.29) is 29.2 Å². The lowest BCUT2D eigenvalue weighted by atomic mass is 13.6. The highest BCUT2D eigenvalue weighted by Crippen LogP contribution is 2.56. The lowest BCUT2D eigenvalue weighted by Gasteiger charge is -2.07. The molecular weight excluding hydrogens is 226 g/mol. The summed E-state index contributed by atoms with van der Waals surface area (Å²) in [5, 5.41) is 0. The first-order chi connectivity index (χ1) is 4.27. The zero-order valence-corrected chi connectivity index (χ0v) is 6.94. The molecule has 0 aliphatic heterocycles. The van der Waals surface area contributed by atoms with Gasteiger partial charge in [-0.2, -0.15) is 4.31 Å². The SMILES string of the molecule is N.NOP(=O)(O)OP(=O)(O)O.[MgH2]. The lowest BCUT2D eigenvalue weighted by molar-refractivity contribution is 0.181. The van der Waals surface area contributed by atoms with E-state index in [0.29, 0.717) is 0 Å². The molecule has 0 amide bonds. The van der Waals surface area contributed by atoms with Crippen LogP contribution in [0.25, 0.3) is 0 Å². The molecule has 12 heteroatoms. The van der Waals surface area contributed by atoms with Gasteiger partial charge in [0.25, 0.3) is 0 Å². The Labute approximate surface area is 83.8 Å². The topological polar surface area (TPSA) is 174 Å². The van der Waals surface area contributed by atoms with Gasteiger partial charge in [0.05, 0.1) is 0 Å². The summed E-state index contributed by atoms with van der Waals surface area (Å²) in [5.41, 5.74) is 0. The van der Waals surface area contributed by atoms with Crippen LogP contribution in [0.3, 0.4) is 0 Å². The second-order valence-electron chi connectivity index (χ2n) is 1.15. The Balaban J connectivity index is -0.000000405. The summed E-state index contributed by atoms with van der Waals surface area (Å²) in [6.45, 7) is 0. The van der Waals surface area contributed by atoms with Gasteiger partial charge in [0, 0.05) is 0 Å². The Morgan fingerprint density at radius 1 is 1.17 bits per heavy atom. The summed E-state index contributed by atoms with van der Waals surface area (Å²) < 4.78 is 26.3. The second kappa shape index (κ2) is 6.41. The smallest absolute Gasteiger partial charge is 0.344 e. The third kappa shape index (κ3) is 10.9. The monoisotopic (exact) mass is 236 g/mol. The summed E-state index contributed by atoms with van der Waals surface area (Å²) in [4.78, 5) is 24.0. The van der Waals surface area contributed by atoms with E-state index in [2.05, 4.69) is 14.8 Å². The van der Waals surface area contributed by atoms with E-state index >= 15 is 0 Å². The highest BCUT2D eigenvalue weighted by atomic mass is 31.3. The van der Waals surface area contributed by atoms with Gasteiger partial charge in [0.15, 0.2) is 0 Å². The van der Waals surface area contributed by atoms with Crippen LogP contribution >= 0.6 is 15.6 Å². The molecule has 1 atom stereocenters. The number of hydrogen-bond acceptors (Lipinski definition) is 6. The van der Waals surface area contributed by atoms with Crippen molar-refractivity contribution in [1.82, 2.24) is 6.15 Å². The summed E-state index contributed by atoms with van der Waals surface area (Å²) >= 11 is 0. The van der Waals surface area contributed by atoms with E-state index in [0.717, 1.165) is 0 Å². The van der Waals surface area contributed by atoms with E-state index < -0.39 is 15.6 Å². The van der Waals surface area contributed by atoms with Crippen LogP contribution in [0.4, 0.5) is 0 Å². The quantitative estimate of drug-likeness (QED) is 0.218. The van der Waals surface area contributed by atoms with E-state index in [4.69, 9.17) is 14.7 Å². The van der Waals surface area contributed by atoms with Crippen molar-refractivity contribution < 1.29 is 32.7 Å². The van der Waals surface area contributed by atoms with Crippen molar-refractivity contribution in [2.45, 2.75) is 0 Å². The number of nitrogens with two attached hydrogens (primary N) is 1. The maximum Gasteiger partial charge on any atom is 0.497 e. The predicted molar refractivity (Wildman–Crippen MR) is 41.8 cm³/mol. The van der Waals surface area contributed by atoms with Crippen LogP contribution in [0.15, 0.2) is 0 Å². The van der Waals surface area contributed by atoms with Crippen molar-refractivity contribution in [3.05, 3.63) is 0 Å². The molecule has 0 aromatic heterocycles. The van der Waals surface area contributed by atoms with Crippen molar-refractivity contribution in [3.63, 3.8) is 0 Å². The van der Waals surface area contributed by atoms with Gasteiger partial charge in [-0.15, -0.1) is 0 Å². The Bertz CT molecular complexity index is 198. The van der Waals surface area contributed by atoms with Crippen molar-refractivity contribution in [2.75, 3.05) is 0 Å². The Morgan fingerprint density at radius 2 is 1.50 bits per heavy atom. The molecule has 1 unspecified atom stereocenters. The third-order valence-electron chi connectivity index (χ3n) is 0.343. The highest BCUT2D eigenvalue weighted by molar-refractivity contribution is 7.60. The fourth-order valence-corrected chi connectivity index (χ4v) is 1.38. The number of hydrogen-bond donors (Lipinski definition) is 5. The highest BCUT2D eigenvalue weighted by Gasteiger charge is 2.31. The van der Waals surface area contributed by atoms with Crippen molar-refractivity contribution in [1.29, 1.82) is 0 Å². The minimum absolute atomic E-state index is 0. The average molecular weight is 236 g/mol. The number of phosphoric acid groups is 2.